The van der Waals surface area contributed by atoms with Gasteiger partial charge >= 0.3 is 0 Å². The van der Waals surface area contributed by atoms with Crippen molar-refractivity contribution in [1.82, 2.24) is 0 Å². The van der Waals surface area contributed by atoms with Crippen molar-refractivity contribution in [3.8, 4) is 11.5 Å². The molecule has 0 saturated heterocycles. The monoisotopic (exact) mass is 282 g/mol. The van der Waals surface area contributed by atoms with Crippen LogP contribution in [-0.4, -0.2) is 5.84 Å². The van der Waals surface area contributed by atoms with Gasteiger partial charge in [0.25, 0.3) is 0 Å². The third-order valence-corrected chi connectivity index (χ3v) is 2.58. The first-order valence-electron chi connectivity index (χ1n) is 5.24. The predicted octanol–water partition coefficient (Wildman–Crippen LogP) is 3.69. The molecule has 0 spiro atoms. The molecule has 98 valence electrons. The lowest BCUT2D eigenvalue weighted by Crippen LogP contribution is -2.12. The Morgan fingerprint density at radius 2 is 1.84 bits per heavy atom. The Bertz CT molecular complexity index is 647. The van der Waals surface area contributed by atoms with E-state index in [0.717, 1.165) is 12.1 Å². The molecular formula is C13H9ClF2N2O. The predicted molar refractivity (Wildman–Crippen MR) is 68.9 cm³/mol. The quantitative estimate of drug-likeness (QED) is 0.666. The first-order chi connectivity index (χ1) is 8.97. The smallest absolute Gasteiger partial charge is 0.168 e. The first-order valence-corrected chi connectivity index (χ1v) is 5.62. The third-order valence-electron chi connectivity index (χ3n) is 2.35. The zero-order valence-corrected chi connectivity index (χ0v) is 10.3. The minimum Gasteiger partial charge on any atom is -0.453 e. The van der Waals surface area contributed by atoms with Crippen LogP contribution in [0.1, 0.15) is 5.56 Å². The highest BCUT2D eigenvalue weighted by atomic mass is 35.5. The number of hydrogen-bond donors (Lipinski definition) is 2. The summed E-state index contributed by atoms with van der Waals surface area (Å²) in [6.45, 7) is 0. The maximum absolute atomic E-state index is 13.5. The average molecular weight is 283 g/mol. The molecule has 6 heteroatoms. The summed E-state index contributed by atoms with van der Waals surface area (Å²) in [5.41, 5.74) is 5.66. The van der Waals surface area contributed by atoms with Gasteiger partial charge in [-0.15, -0.1) is 0 Å². The van der Waals surface area contributed by atoms with Crippen molar-refractivity contribution in [2.45, 2.75) is 0 Å². The molecule has 3 N–H and O–H groups in total. The Balaban J connectivity index is 2.42. The van der Waals surface area contributed by atoms with Crippen molar-refractivity contribution in [2.24, 2.45) is 5.73 Å². The van der Waals surface area contributed by atoms with Crippen molar-refractivity contribution >= 4 is 17.4 Å². The number of nitrogens with one attached hydrogen (secondary N) is 1. The Labute approximate surface area is 113 Å². The van der Waals surface area contributed by atoms with E-state index in [4.69, 9.17) is 27.5 Å². The normalized spacial score (nSPS) is 10.3. The van der Waals surface area contributed by atoms with E-state index in [1.165, 1.54) is 18.2 Å². The van der Waals surface area contributed by atoms with Crippen LogP contribution in [0.15, 0.2) is 36.4 Å². The van der Waals surface area contributed by atoms with Gasteiger partial charge in [0.1, 0.15) is 17.4 Å². The van der Waals surface area contributed by atoms with E-state index in [1.807, 2.05) is 0 Å². The highest BCUT2D eigenvalue weighted by Crippen LogP contribution is 2.30. The minimum atomic E-state index is -0.852. The van der Waals surface area contributed by atoms with E-state index in [1.54, 1.807) is 0 Å². The lowest BCUT2D eigenvalue weighted by Gasteiger charge is -2.11. The molecule has 2 aromatic carbocycles. The number of rotatable bonds is 3. The lowest BCUT2D eigenvalue weighted by molar-refractivity contribution is 0.437. The van der Waals surface area contributed by atoms with E-state index in [-0.39, 0.29) is 22.9 Å². The van der Waals surface area contributed by atoms with Gasteiger partial charge in [0, 0.05) is 17.2 Å². The summed E-state index contributed by atoms with van der Waals surface area (Å²) in [7, 11) is 0. The summed E-state index contributed by atoms with van der Waals surface area (Å²) in [5, 5.41) is 7.75. The van der Waals surface area contributed by atoms with Crippen LogP contribution < -0.4 is 10.5 Å². The fourth-order valence-electron chi connectivity index (χ4n) is 1.48. The van der Waals surface area contributed by atoms with Crippen LogP contribution in [-0.2, 0) is 0 Å². The summed E-state index contributed by atoms with van der Waals surface area (Å²) in [6.07, 6.45) is 0. The van der Waals surface area contributed by atoms with Crippen molar-refractivity contribution in [3.63, 3.8) is 0 Å². The SMILES string of the molecule is N=C(N)c1ccc(Cl)cc1Oc1ccc(F)cc1F. The highest BCUT2D eigenvalue weighted by Gasteiger charge is 2.12. The summed E-state index contributed by atoms with van der Waals surface area (Å²) >= 11 is 5.81. The molecule has 2 aromatic rings. The molecule has 0 aliphatic carbocycles. The van der Waals surface area contributed by atoms with Crippen LogP contribution in [0.4, 0.5) is 8.78 Å². The largest absolute Gasteiger partial charge is 0.453 e. The number of nitrogen functional groups attached to an aromatic ring is 1. The van der Waals surface area contributed by atoms with Gasteiger partial charge in [0.15, 0.2) is 11.6 Å². The second-order valence-electron chi connectivity index (χ2n) is 3.73. The molecular weight excluding hydrogens is 274 g/mol. The third kappa shape index (κ3) is 3.00. The molecule has 0 saturated carbocycles. The zero-order chi connectivity index (χ0) is 14.0. The summed E-state index contributed by atoms with van der Waals surface area (Å²) in [6, 6.07) is 7.34. The van der Waals surface area contributed by atoms with Crippen LogP contribution >= 0.6 is 11.6 Å². The highest BCUT2D eigenvalue weighted by molar-refractivity contribution is 6.30. The second-order valence-corrected chi connectivity index (χ2v) is 4.17. The van der Waals surface area contributed by atoms with E-state index in [9.17, 15) is 8.78 Å². The number of ether oxygens (including phenoxy) is 1. The van der Waals surface area contributed by atoms with Crippen LogP contribution in [0.2, 0.25) is 5.02 Å². The Morgan fingerprint density at radius 1 is 1.11 bits per heavy atom. The van der Waals surface area contributed by atoms with E-state index < -0.39 is 11.6 Å². The Hall–Kier alpha value is -2.14. The number of hydrogen-bond acceptors (Lipinski definition) is 2. The van der Waals surface area contributed by atoms with Crippen LogP contribution in [0.25, 0.3) is 0 Å². The van der Waals surface area contributed by atoms with E-state index in [0.29, 0.717) is 11.1 Å². The first kappa shape index (κ1) is 13.3. The molecule has 0 heterocycles. The zero-order valence-electron chi connectivity index (χ0n) is 9.58. The number of benzene rings is 2. The fraction of sp³-hybridized carbons (Fsp3) is 0. The minimum absolute atomic E-state index is 0.130. The van der Waals surface area contributed by atoms with Crippen LogP contribution in [0.3, 0.4) is 0 Å². The van der Waals surface area contributed by atoms with Crippen molar-refractivity contribution in [2.75, 3.05) is 0 Å². The van der Waals surface area contributed by atoms with Gasteiger partial charge in [-0.25, -0.2) is 8.78 Å². The van der Waals surface area contributed by atoms with Gasteiger partial charge in [-0.05, 0) is 24.3 Å². The Kier molecular flexibility index (Phi) is 3.66. The number of nitrogens with two attached hydrogens (primary N) is 1. The summed E-state index contributed by atoms with van der Waals surface area (Å²) < 4.78 is 31.6. The molecule has 0 aliphatic rings. The van der Waals surface area contributed by atoms with Gasteiger partial charge in [-0.2, -0.15) is 0 Å². The molecule has 0 radical (unpaired) electrons. The molecule has 19 heavy (non-hydrogen) atoms. The van der Waals surface area contributed by atoms with Gasteiger partial charge in [-0.1, -0.05) is 11.6 Å². The van der Waals surface area contributed by atoms with E-state index in [2.05, 4.69) is 0 Å². The molecule has 0 amide bonds. The number of halogens is 3. The van der Waals surface area contributed by atoms with Gasteiger partial charge in [0.05, 0.1) is 5.56 Å². The fourth-order valence-corrected chi connectivity index (χ4v) is 1.64. The molecule has 3 nitrogen and oxygen atoms in total. The molecule has 0 unspecified atom stereocenters. The lowest BCUT2D eigenvalue weighted by atomic mass is 10.2. The Morgan fingerprint density at radius 3 is 2.47 bits per heavy atom. The second kappa shape index (κ2) is 5.24. The van der Waals surface area contributed by atoms with Gasteiger partial charge in [0.2, 0.25) is 0 Å². The molecule has 0 bridgehead atoms. The molecule has 0 aromatic heterocycles. The van der Waals surface area contributed by atoms with Crippen molar-refractivity contribution in [1.29, 1.82) is 5.41 Å². The maximum atomic E-state index is 13.5. The molecule has 2 rings (SSSR count). The number of amidine groups is 1. The van der Waals surface area contributed by atoms with E-state index >= 15 is 0 Å². The summed E-state index contributed by atoms with van der Waals surface area (Å²) in [4.78, 5) is 0. The molecule has 0 atom stereocenters. The van der Waals surface area contributed by atoms with Crippen LogP contribution in [0.5, 0.6) is 11.5 Å². The molecule has 0 fully saturated rings. The van der Waals surface area contributed by atoms with Crippen molar-refractivity contribution < 1.29 is 13.5 Å². The standard InChI is InChI=1S/C13H9ClF2N2O/c14-7-1-3-9(13(17)18)12(5-7)19-11-4-2-8(15)6-10(11)16/h1-6H,(H3,17,18). The van der Waals surface area contributed by atoms with Crippen molar-refractivity contribution in [3.05, 3.63) is 58.6 Å². The molecule has 0 aliphatic heterocycles. The topological polar surface area (TPSA) is 59.1 Å². The maximum Gasteiger partial charge on any atom is 0.168 e. The van der Waals surface area contributed by atoms with Gasteiger partial charge in [-0.3, -0.25) is 5.41 Å². The van der Waals surface area contributed by atoms with Crippen LogP contribution in [0, 0.1) is 17.0 Å². The summed E-state index contributed by atoms with van der Waals surface area (Å²) in [5.74, 6) is -1.84. The van der Waals surface area contributed by atoms with Gasteiger partial charge < -0.3 is 10.5 Å². The average Bonchev–Trinajstić information content (AvgIpc) is 2.32.